The Morgan fingerprint density at radius 3 is 2.39 bits per heavy atom. The van der Waals surface area contributed by atoms with Crippen molar-refractivity contribution in [2.24, 2.45) is 5.73 Å². The van der Waals surface area contributed by atoms with Crippen LogP contribution >= 0.6 is 0 Å². The minimum atomic E-state index is 0.111. The molecule has 1 aromatic carbocycles. The summed E-state index contributed by atoms with van der Waals surface area (Å²) in [6.07, 6.45) is 1.17. The van der Waals surface area contributed by atoms with Gasteiger partial charge in [0.05, 0.1) is 0 Å². The van der Waals surface area contributed by atoms with E-state index in [9.17, 15) is 0 Å². The molecular formula is C16H28N2. The lowest BCUT2D eigenvalue weighted by Gasteiger charge is -2.30. The third kappa shape index (κ3) is 3.82. The summed E-state index contributed by atoms with van der Waals surface area (Å²) in [5.74, 6) is 0. The van der Waals surface area contributed by atoms with Gasteiger partial charge in [0.1, 0.15) is 0 Å². The highest BCUT2D eigenvalue weighted by molar-refractivity contribution is 5.32. The number of hydrogen-bond donors (Lipinski definition) is 1. The predicted molar refractivity (Wildman–Crippen MR) is 79.8 cm³/mol. The van der Waals surface area contributed by atoms with Crippen molar-refractivity contribution in [3.05, 3.63) is 34.9 Å². The van der Waals surface area contributed by atoms with Crippen LogP contribution in [0.15, 0.2) is 18.2 Å². The molecule has 102 valence electrons. The van der Waals surface area contributed by atoms with E-state index in [1.165, 1.54) is 23.1 Å². The van der Waals surface area contributed by atoms with E-state index in [0.29, 0.717) is 6.04 Å². The SMILES string of the molecule is CCC(C)N(CC)CC(N)c1ccc(C)cc1C. The summed E-state index contributed by atoms with van der Waals surface area (Å²) in [5.41, 5.74) is 10.3. The standard InChI is InChI=1S/C16H28N2/c1-6-14(5)18(7-2)11-16(17)15-9-8-12(3)10-13(15)4/h8-10,14,16H,6-7,11,17H2,1-5H3. The van der Waals surface area contributed by atoms with Gasteiger partial charge < -0.3 is 5.73 Å². The van der Waals surface area contributed by atoms with Gasteiger partial charge in [0.25, 0.3) is 0 Å². The van der Waals surface area contributed by atoms with Crippen LogP contribution in [-0.2, 0) is 0 Å². The molecule has 0 amide bonds. The minimum Gasteiger partial charge on any atom is -0.323 e. The van der Waals surface area contributed by atoms with Crippen LogP contribution in [0.25, 0.3) is 0 Å². The highest BCUT2D eigenvalue weighted by Gasteiger charge is 2.16. The summed E-state index contributed by atoms with van der Waals surface area (Å²) in [6.45, 7) is 13.0. The van der Waals surface area contributed by atoms with Gasteiger partial charge in [-0.15, -0.1) is 0 Å². The Morgan fingerprint density at radius 1 is 1.22 bits per heavy atom. The maximum Gasteiger partial charge on any atom is 0.0427 e. The zero-order valence-electron chi connectivity index (χ0n) is 12.5. The molecule has 18 heavy (non-hydrogen) atoms. The van der Waals surface area contributed by atoms with Gasteiger partial charge in [0.15, 0.2) is 0 Å². The molecule has 0 aromatic heterocycles. The Hall–Kier alpha value is -0.860. The molecular weight excluding hydrogens is 220 g/mol. The van der Waals surface area contributed by atoms with E-state index < -0.39 is 0 Å². The molecule has 0 bridgehead atoms. The quantitative estimate of drug-likeness (QED) is 0.836. The van der Waals surface area contributed by atoms with Crippen LogP contribution in [-0.4, -0.2) is 24.0 Å². The summed E-state index contributed by atoms with van der Waals surface area (Å²) in [4.78, 5) is 2.46. The van der Waals surface area contributed by atoms with E-state index in [2.05, 4.69) is 57.7 Å². The highest BCUT2D eigenvalue weighted by Crippen LogP contribution is 2.19. The number of likely N-dealkylation sites (N-methyl/N-ethyl adjacent to an activating group) is 1. The Balaban J connectivity index is 2.77. The second-order valence-electron chi connectivity index (χ2n) is 5.31. The molecule has 0 aliphatic carbocycles. The summed E-state index contributed by atoms with van der Waals surface area (Å²) < 4.78 is 0. The molecule has 0 aliphatic rings. The smallest absolute Gasteiger partial charge is 0.0427 e. The number of rotatable bonds is 6. The number of benzene rings is 1. The fourth-order valence-corrected chi connectivity index (χ4v) is 2.47. The average Bonchev–Trinajstić information content (AvgIpc) is 2.34. The topological polar surface area (TPSA) is 29.3 Å². The van der Waals surface area contributed by atoms with Crippen molar-refractivity contribution in [3.63, 3.8) is 0 Å². The first-order valence-electron chi connectivity index (χ1n) is 7.06. The van der Waals surface area contributed by atoms with Crippen molar-refractivity contribution < 1.29 is 0 Å². The number of aryl methyl sites for hydroxylation is 2. The second kappa shape index (κ2) is 6.91. The van der Waals surface area contributed by atoms with E-state index in [4.69, 9.17) is 5.73 Å². The minimum absolute atomic E-state index is 0.111. The first kappa shape index (κ1) is 15.2. The average molecular weight is 248 g/mol. The normalized spacial score (nSPS) is 14.8. The molecule has 0 radical (unpaired) electrons. The van der Waals surface area contributed by atoms with Crippen LogP contribution in [0.3, 0.4) is 0 Å². The first-order valence-corrected chi connectivity index (χ1v) is 7.06. The molecule has 0 saturated heterocycles. The molecule has 0 fully saturated rings. The van der Waals surface area contributed by atoms with Gasteiger partial charge >= 0.3 is 0 Å². The molecule has 2 unspecified atom stereocenters. The van der Waals surface area contributed by atoms with E-state index in [0.717, 1.165) is 13.1 Å². The Bertz CT molecular complexity index is 373. The van der Waals surface area contributed by atoms with Crippen molar-refractivity contribution >= 4 is 0 Å². The van der Waals surface area contributed by atoms with Crippen molar-refractivity contribution in [2.75, 3.05) is 13.1 Å². The number of hydrogen-bond acceptors (Lipinski definition) is 2. The van der Waals surface area contributed by atoms with Gasteiger partial charge in [0.2, 0.25) is 0 Å². The molecule has 0 heterocycles. The third-order valence-corrected chi connectivity index (χ3v) is 3.88. The molecule has 2 N–H and O–H groups in total. The van der Waals surface area contributed by atoms with Crippen LogP contribution in [0.5, 0.6) is 0 Å². The summed E-state index contributed by atoms with van der Waals surface area (Å²) in [7, 11) is 0. The third-order valence-electron chi connectivity index (χ3n) is 3.88. The largest absolute Gasteiger partial charge is 0.323 e. The summed E-state index contributed by atoms with van der Waals surface area (Å²) in [6, 6.07) is 7.27. The van der Waals surface area contributed by atoms with E-state index in [1.807, 2.05) is 0 Å². The van der Waals surface area contributed by atoms with E-state index in [1.54, 1.807) is 0 Å². The molecule has 2 heteroatoms. The molecule has 2 nitrogen and oxygen atoms in total. The van der Waals surface area contributed by atoms with Crippen LogP contribution in [0.4, 0.5) is 0 Å². The van der Waals surface area contributed by atoms with Crippen molar-refractivity contribution in [1.82, 2.24) is 4.90 Å². The zero-order valence-corrected chi connectivity index (χ0v) is 12.5. The lowest BCUT2D eigenvalue weighted by atomic mass is 9.99. The number of nitrogens with zero attached hydrogens (tertiary/aromatic N) is 1. The Morgan fingerprint density at radius 2 is 1.89 bits per heavy atom. The van der Waals surface area contributed by atoms with Crippen molar-refractivity contribution in [1.29, 1.82) is 0 Å². The van der Waals surface area contributed by atoms with Gasteiger partial charge in [-0.25, -0.2) is 0 Å². The van der Waals surface area contributed by atoms with Gasteiger partial charge in [-0.1, -0.05) is 37.6 Å². The highest BCUT2D eigenvalue weighted by atomic mass is 15.2. The van der Waals surface area contributed by atoms with Crippen LogP contribution < -0.4 is 5.73 Å². The molecule has 1 aromatic rings. The second-order valence-corrected chi connectivity index (χ2v) is 5.31. The predicted octanol–water partition coefficient (Wildman–Crippen LogP) is 3.42. The number of nitrogens with two attached hydrogens (primary N) is 1. The fourth-order valence-electron chi connectivity index (χ4n) is 2.47. The van der Waals surface area contributed by atoms with E-state index in [-0.39, 0.29) is 6.04 Å². The monoisotopic (exact) mass is 248 g/mol. The van der Waals surface area contributed by atoms with Crippen molar-refractivity contribution in [3.8, 4) is 0 Å². The first-order chi connectivity index (χ1) is 8.49. The lowest BCUT2D eigenvalue weighted by Crippen LogP contribution is -2.38. The van der Waals surface area contributed by atoms with Crippen molar-refractivity contribution in [2.45, 2.75) is 53.1 Å². The Kier molecular flexibility index (Phi) is 5.83. The van der Waals surface area contributed by atoms with Gasteiger partial charge in [0, 0.05) is 18.6 Å². The van der Waals surface area contributed by atoms with Gasteiger partial charge in [-0.05, 0) is 44.9 Å². The maximum absolute atomic E-state index is 6.37. The van der Waals surface area contributed by atoms with Gasteiger partial charge in [-0.3, -0.25) is 4.90 Å². The lowest BCUT2D eigenvalue weighted by molar-refractivity contribution is 0.202. The molecule has 0 spiro atoms. The summed E-state index contributed by atoms with van der Waals surface area (Å²) in [5, 5.41) is 0. The molecule has 0 aliphatic heterocycles. The summed E-state index contributed by atoms with van der Waals surface area (Å²) >= 11 is 0. The fraction of sp³-hybridized carbons (Fsp3) is 0.625. The maximum atomic E-state index is 6.37. The Labute approximate surface area is 112 Å². The van der Waals surface area contributed by atoms with Crippen LogP contribution in [0.1, 0.15) is 49.9 Å². The zero-order chi connectivity index (χ0) is 13.7. The molecule has 0 saturated carbocycles. The van der Waals surface area contributed by atoms with Crippen LogP contribution in [0, 0.1) is 13.8 Å². The van der Waals surface area contributed by atoms with E-state index >= 15 is 0 Å². The van der Waals surface area contributed by atoms with Crippen LogP contribution in [0.2, 0.25) is 0 Å². The molecule has 1 rings (SSSR count). The molecule has 2 atom stereocenters. The van der Waals surface area contributed by atoms with Gasteiger partial charge in [-0.2, -0.15) is 0 Å².